The Labute approximate surface area is 134 Å². The van der Waals surface area contributed by atoms with Crippen molar-refractivity contribution in [1.29, 1.82) is 0 Å². The average Bonchev–Trinajstić information content (AvgIpc) is 2.94. The van der Waals surface area contributed by atoms with E-state index in [1.165, 1.54) is 19.8 Å². The first-order valence-electron chi connectivity index (χ1n) is 7.15. The van der Waals surface area contributed by atoms with Crippen LogP contribution in [0.4, 0.5) is 11.5 Å². The summed E-state index contributed by atoms with van der Waals surface area (Å²) in [6.07, 6.45) is 8.18. The van der Waals surface area contributed by atoms with E-state index in [0.29, 0.717) is 14.5 Å². The first-order valence-corrected chi connectivity index (χ1v) is 8.86. The third kappa shape index (κ3) is 2.32. The van der Waals surface area contributed by atoms with Gasteiger partial charge in [-0.1, -0.05) is 0 Å². The molecule has 0 saturated carbocycles. The molecular formula is C17H14N4Se. The van der Waals surface area contributed by atoms with E-state index in [1.54, 1.807) is 6.33 Å². The SMILES string of the molecule is C#Cc1cccc(Nc2ncnc3[se]c4c(c23)CCNC4)c1. The van der Waals surface area contributed by atoms with Crippen molar-refractivity contribution in [3.8, 4) is 12.3 Å². The first-order chi connectivity index (χ1) is 10.8. The molecule has 0 aliphatic carbocycles. The minimum atomic E-state index is 0.318. The maximum absolute atomic E-state index is 5.47. The number of benzene rings is 1. The molecule has 22 heavy (non-hydrogen) atoms. The molecule has 3 aromatic rings. The van der Waals surface area contributed by atoms with Gasteiger partial charge in [-0.05, 0) is 0 Å². The molecule has 108 valence electrons. The quantitative estimate of drug-likeness (QED) is 0.547. The van der Waals surface area contributed by atoms with Crippen molar-refractivity contribution in [2.75, 3.05) is 11.9 Å². The van der Waals surface area contributed by atoms with Gasteiger partial charge in [0.15, 0.2) is 0 Å². The van der Waals surface area contributed by atoms with Gasteiger partial charge >= 0.3 is 134 Å². The number of hydrogen-bond acceptors (Lipinski definition) is 4. The van der Waals surface area contributed by atoms with Gasteiger partial charge in [-0.25, -0.2) is 0 Å². The van der Waals surface area contributed by atoms with Crippen LogP contribution in [-0.2, 0) is 13.0 Å². The van der Waals surface area contributed by atoms with Crippen LogP contribution in [0.2, 0.25) is 0 Å². The van der Waals surface area contributed by atoms with Crippen molar-refractivity contribution in [3.63, 3.8) is 0 Å². The number of rotatable bonds is 2. The van der Waals surface area contributed by atoms with Crippen LogP contribution in [-0.4, -0.2) is 31.0 Å². The predicted molar refractivity (Wildman–Crippen MR) is 89.5 cm³/mol. The van der Waals surface area contributed by atoms with Gasteiger partial charge < -0.3 is 0 Å². The van der Waals surface area contributed by atoms with Crippen molar-refractivity contribution >= 4 is 35.8 Å². The molecule has 0 radical (unpaired) electrons. The fraction of sp³-hybridized carbons (Fsp3) is 0.176. The fourth-order valence-corrected chi connectivity index (χ4v) is 5.20. The van der Waals surface area contributed by atoms with Crippen molar-refractivity contribution in [1.82, 2.24) is 15.3 Å². The van der Waals surface area contributed by atoms with Crippen LogP contribution >= 0.6 is 0 Å². The summed E-state index contributed by atoms with van der Waals surface area (Å²) in [6.45, 7) is 2.01. The second-order valence-corrected chi connectivity index (χ2v) is 7.46. The van der Waals surface area contributed by atoms with Crippen LogP contribution in [0.15, 0.2) is 30.6 Å². The van der Waals surface area contributed by atoms with Crippen molar-refractivity contribution < 1.29 is 0 Å². The van der Waals surface area contributed by atoms with E-state index < -0.39 is 0 Å². The molecule has 0 fully saturated rings. The summed E-state index contributed by atoms with van der Waals surface area (Å²) in [5, 5.41) is 8.08. The van der Waals surface area contributed by atoms with Crippen LogP contribution < -0.4 is 10.6 Å². The molecule has 1 aliphatic rings. The van der Waals surface area contributed by atoms with E-state index in [0.717, 1.165) is 36.6 Å². The second-order valence-electron chi connectivity index (χ2n) is 5.18. The fourth-order valence-electron chi connectivity index (χ4n) is 2.78. The molecule has 0 saturated heterocycles. The molecule has 0 amide bonds. The molecule has 0 bridgehead atoms. The molecule has 5 heteroatoms. The Kier molecular flexibility index (Phi) is 3.43. The van der Waals surface area contributed by atoms with E-state index >= 15 is 0 Å². The summed E-state index contributed by atoms with van der Waals surface area (Å²) >= 11 is 0.318. The van der Waals surface area contributed by atoms with Crippen LogP contribution in [0.1, 0.15) is 15.6 Å². The average molecular weight is 353 g/mol. The van der Waals surface area contributed by atoms with Gasteiger partial charge in [-0.3, -0.25) is 0 Å². The Bertz CT molecular complexity index is 891. The first kappa shape index (κ1) is 13.5. The number of terminal acetylenes is 1. The molecule has 0 unspecified atom stereocenters. The number of hydrogen-bond donors (Lipinski definition) is 2. The van der Waals surface area contributed by atoms with Crippen molar-refractivity contribution in [2.24, 2.45) is 0 Å². The summed E-state index contributed by atoms with van der Waals surface area (Å²) in [5.41, 5.74) is 3.26. The molecule has 4 rings (SSSR count). The predicted octanol–water partition coefficient (Wildman–Crippen LogP) is 2.06. The molecular weight excluding hydrogens is 339 g/mol. The molecule has 0 spiro atoms. The van der Waals surface area contributed by atoms with Gasteiger partial charge in [0, 0.05) is 0 Å². The zero-order valence-electron chi connectivity index (χ0n) is 11.9. The molecule has 4 nitrogen and oxygen atoms in total. The van der Waals surface area contributed by atoms with Crippen LogP contribution in [0.5, 0.6) is 0 Å². The molecule has 2 N–H and O–H groups in total. The summed E-state index contributed by atoms with van der Waals surface area (Å²) in [5.74, 6) is 3.56. The molecule has 1 aromatic carbocycles. The Hall–Kier alpha value is -2.12. The maximum atomic E-state index is 5.47. The Balaban J connectivity index is 1.81. The summed E-state index contributed by atoms with van der Waals surface area (Å²) < 4.78 is 2.70. The number of nitrogens with zero attached hydrogens (tertiary/aromatic N) is 2. The standard InChI is InChI=1S/C17H14N4Se/c1-2-11-4-3-5-12(8-11)21-16-15-13-6-7-18-9-14(13)22-17(15)20-10-19-16/h1,3-5,8,10,18H,6-7,9H2,(H,19,20,21). The van der Waals surface area contributed by atoms with Crippen LogP contribution in [0.3, 0.4) is 0 Å². The summed E-state index contributed by atoms with van der Waals surface area (Å²) in [7, 11) is 0. The van der Waals surface area contributed by atoms with Gasteiger partial charge in [-0.2, -0.15) is 0 Å². The topological polar surface area (TPSA) is 49.8 Å². The van der Waals surface area contributed by atoms with Crippen LogP contribution in [0, 0.1) is 12.3 Å². The summed E-state index contributed by atoms with van der Waals surface area (Å²) in [4.78, 5) is 8.97. The molecule has 3 heterocycles. The van der Waals surface area contributed by atoms with Crippen molar-refractivity contribution in [2.45, 2.75) is 13.0 Å². The van der Waals surface area contributed by atoms with Gasteiger partial charge in [0.2, 0.25) is 0 Å². The Morgan fingerprint density at radius 1 is 1.32 bits per heavy atom. The third-order valence-corrected chi connectivity index (χ3v) is 6.19. The number of aromatic nitrogens is 2. The monoisotopic (exact) mass is 354 g/mol. The second kappa shape index (κ2) is 5.58. The van der Waals surface area contributed by atoms with E-state index in [1.807, 2.05) is 24.3 Å². The molecule has 1 aliphatic heterocycles. The Morgan fingerprint density at radius 3 is 3.18 bits per heavy atom. The third-order valence-electron chi connectivity index (χ3n) is 3.80. The van der Waals surface area contributed by atoms with E-state index in [4.69, 9.17) is 6.42 Å². The van der Waals surface area contributed by atoms with Crippen LogP contribution in [0.25, 0.3) is 9.78 Å². The zero-order chi connectivity index (χ0) is 14.9. The molecule has 2 aromatic heterocycles. The van der Waals surface area contributed by atoms with Gasteiger partial charge in [-0.15, -0.1) is 0 Å². The number of anilines is 2. The number of nitrogens with one attached hydrogen (secondary N) is 2. The number of fused-ring (bicyclic) bond motifs is 3. The van der Waals surface area contributed by atoms with Gasteiger partial charge in [0.05, 0.1) is 0 Å². The van der Waals surface area contributed by atoms with E-state index in [9.17, 15) is 0 Å². The summed E-state index contributed by atoms with van der Waals surface area (Å²) in [6, 6.07) is 7.85. The minimum absolute atomic E-state index is 0.318. The molecule has 0 atom stereocenters. The van der Waals surface area contributed by atoms with Gasteiger partial charge in [0.1, 0.15) is 0 Å². The zero-order valence-corrected chi connectivity index (χ0v) is 13.6. The van der Waals surface area contributed by atoms with E-state index in [-0.39, 0.29) is 0 Å². The van der Waals surface area contributed by atoms with Gasteiger partial charge in [0.25, 0.3) is 0 Å². The normalized spacial score (nSPS) is 13.6. The van der Waals surface area contributed by atoms with E-state index in [2.05, 4.69) is 26.5 Å². The Morgan fingerprint density at radius 2 is 2.27 bits per heavy atom. The van der Waals surface area contributed by atoms with Crippen molar-refractivity contribution in [3.05, 3.63) is 46.2 Å².